The van der Waals surface area contributed by atoms with E-state index >= 15 is 0 Å². The van der Waals surface area contributed by atoms with E-state index in [4.69, 9.17) is 18.9 Å². The number of esters is 2. The molecule has 0 aromatic rings. The smallest absolute Gasteiger partial charge is 1.00 e. The molecule has 1 fully saturated rings. The summed E-state index contributed by atoms with van der Waals surface area (Å²) in [6.45, 7) is 6.35. The van der Waals surface area contributed by atoms with Crippen molar-refractivity contribution in [3.8, 4) is 0 Å². The molecule has 0 radical (unpaired) electrons. The fourth-order valence-electron chi connectivity index (χ4n) is 4.27. The minimum Gasteiger partial charge on any atom is -1.00 e. The van der Waals surface area contributed by atoms with E-state index in [1.54, 1.807) is 0 Å². The Morgan fingerprint density at radius 3 is 2.19 bits per heavy atom. The van der Waals surface area contributed by atoms with Crippen molar-refractivity contribution in [1.82, 2.24) is 0 Å². The fraction of sp³-hybridized carbons (Fsp3) is 0.786. The maximum atomic E-state index is 12.3. The van der Waals surface area contributed by atoms with Crippen molar-refractivity contribution in [3.05, 3.63) is 23.7 Å². The van der Waals surface area contributed by atoms with Crippen LogP contribution in [0.1, 0.15) is 112 Å². The summed E-state index contributed by atoms with van der Waals surface area (Å²) in [6, 6.07) is 0. The Labute approximate surface area is 241 Å². The molecule has 0 bridgehead atoms. The van der Waals surface area contributed by atoms with Crippen LogP contribution in [-0.2, 0) is 28.5 Å². The molecule has 7 nitrogen and oxygen atoms in total. The molecular weight excluding hydrogens is 471 g/mol. The van der Waals surface area contributed by atoms with Crippen LogP contribution in [0.4, 0.5) is 0 Å². The molecule has 1 N–H and O–H groups in total. The molecule has 3 atom stereocenters. The Bertz CT molecular complexity index is 711. The summed E-state index contributed by atoms with van der Waals surface area (Å²) in [6.07, 6.45) is 18.2. The molecule has 0 spiro atoms. The molecule has 1 saturated heterocycles. The van der Waals surface area contributed by atoms with E-state index in [1.807, 2.05) is 13.8 Å². The number of carbonyl (C=O) groups is 2. The first-order chi connectivity index (χ1) is 16.9. The van der Waals surface area contributed by atoms with E-state index in [9.17, 15) is 14.7 Å². The Morgan fingerprint density at radius 1 is 1.03 bits per heavy atom. The van der Waals surface area contributed by atoms with Crippen LogP contribution in [0.15, 0.2) is 23.7 Å². The van der Waals surface area contributed by atoms with E-state index < -0.39 is 36.2 Å². The Balaban J connectivity index is 0.00000648. The second-order valence-electron chi connectivity index (χ2n) is 9.97. The van der Waals surface area contributed by atoms with Crippen molar-refractivity contribution in [2.75, 3.05) is 6.61 Å². The fourth-order valence-corrected chi connectivity index (χ4v) is 4.27. The third kappa shape index (κ3) is 12.1. The summed E-state index contributed by atoms with van der Waals surface area (Å²) >= 11 is 0. The van der Waals surface area contributed by atoms with Crippen molar-refractivity contribution in [2.45, 2.75) is 129 Å². The zero-order chi connectivity index (χ0) is 25.5. The van der Waals surface area contributed by atoms with Gasteiger partial charge in [0.15, 0.2) is 12.4 Å². The van der Waals surface area contributed by atoms with Gasteiger partial charge in [0.05, 0.1) is 6.61 Å². The van der Waals surface area contributed by atoms with Crippen molar-refractivity contribution < 1.29 is 64.6 Å². The minimum atomic E-state index is -0.968. The molecular formula is C28H47NaO7. The summed E-state index contributed by atoms with van der Waals surface area (Å²) in [5.74, 6) is -2.08. The van der Waals surface area contributed by atoms with Crippen LogP contribution in [0.3, 0.4) is 0 Å². The monoisotopic (exact) mass is 518 g/mol. The number of carbonyl (C=O) groups excluding carboxylic acids is 2. The van der Waals surface area contributed by atoms with E-state index in [1.165, 1.54) is 51.4 Å². The van der Waals surface area contributed by atoms with Crippen molar-refractivity contribution >= 4 is 11.9 Å². The second-order valence-corrected chi connectivity index (χ2v) is 9.97. The average molecular weight is 519 g/mol. The van der Waals surface area contributed by atoms with Gasteiger partial charge >= 0.3 is 41.5 Å². The van der Waals surface area contributed by atoms with Gasteiger partial charge in [0.2, 0.25) is 11.5 Å². The van der Waals surface area contributed by atoms with Crippen LogP contribution >= 0.6 is 0 Å². The summed E-state index contributed by atoms with van der Waals surface area (Å²) < 4.78 is 21.8. The topological polar surface area (TPSA) is 91.3 Å². The first kappa shape index (κ1) is 33.2. The van der Waals surface area contributed by atoms with Gasteiger partial charge in [-0.15, -0.1) is 0 Å². The van der Waals surface area contributed by atoms with Gasteiger partial charge in [0.1, 0.15) is 6.10 Å². The predicted molar refractivity (Wildman–Crippen MR) is 136 cm³/mol. The number of rotatable bonds is 18. The number of ether oxygens (including phenoxy) is 4. The zero-order valence-corrected chi connectivity index (χ0v) is 25.0. The third-order valence-corrected chi connectivity index (χ3v) is 6.40. The van der Waals surface area contributed by atoms with Crippen LogP contribution in [0.2, 0.25) is 0 Å². The van der Waals surface area contributed by atoms with Crippen molar-refractivity contribution in [1.29, 1.82) is 0 Å². The third-order valence-electron chi connectivity index (χ3n) is 6.40. The summed E-state index contributed by atoms with van der Waals surface area (Å²) in [5.41, 5.74) is 0. The average Bonchev–Trinajstić information content (AvgIpc) is 3.43. The van der Waals surface area contributed by atoms with Gasteiger partial charge in [0, 0.05) is 12.3 Å². The summed E-state index contributed by atoms with van der Waals surface area (Å²) in [5, 5.41) is 10.0. The van der Waals surface area contributed by atoms with Gasteiger partial charge in [-0.1, -0.05) is 84.3 Å². The molecule has 36 heavy (non-hydrogen) atoms. The summed E-state index contributed by atoms with van der Waals surface area (Å²) in [7, 11) is 0. The van der Waals surface area contributed by atoms with Crippen LogP contribution < -0.4 is 29.6 Å². The SMILES string of the molecule is CCCCCCCC/C=C\CCCCCCCC(=O)OC1=C(O)C(=O)OC1C1COC(C(C)C)O1.[H-].[Na+]. The number of unbranched alkanes of at least 4 members (excludes halogenated alkanes) is 11. The van der Waals surface area contributed by atoms with Gasteiger partial charge < -0.3 is 25.5 Å². The van der Waals surface area contributed by atoms with E-state index in [-0.39, 0.29) is 55.7 Å². The van der Waals surface area contributed by atoms with Crippen molar-refractivity contribution in [3.63, 3.8) is 0 Å². The van der Waals surface area contributed by atoms with Crippen LogP contribution in [-0.4, -0.2) is 42.1 Å². The Hall–Kier alpha value is -0.860. The predicted octanol–water partition coefficient (Wildman–Crippen LogP) is 3.78. The number of cyclic esters (lactones) is 1. The van der Waals surface area contributed by atoms with Crippen LogP contribution in [0.5, 0.6) is 0 Å². The zero-order valence-electron chi connectivity index (χ0n) is 24.0. The van der Waals surface area contributed by atoms with Gasteiger partial charge in [-0.3, -0.25) is 4.79 Å². The quantitative estimate of drug-likeness (QED) is 0.128. The number of hydrogen-bond donors (Lipinski definition) is 1. The molecule has 0 aromatic heterocycles. The molecule has 2 rings (SSSR count). The molecule has 0 amide bonds. The van der Waals surface area contributed by atoms with Gasteiger partial charge in [-0.25, -0.2) is 4.79 Å². The molecule has 3 unspecified atom stereocenters. The molecule has 202 valence electrons. The maximum Gasteiger partial charge on any atom is 1.00 e. The summed E-state index contributed by atoms with van der Waals surface area (Å²) in [4.78, 5) is 24.1. The number of aliphatic hydroxyl groups excluding tert-OH is 1. The first-order valence-electron chi connectivity index (χ1n) is 13.7. The van der Waals surface area contributed by atoms with Gasteiger partial charge in [-0.05, 0) is 32.1 Å². The van der Waals surface area contributed by atoms with Crippen LogP contribution in [0, 0.1) is 5.92 Å². The second kappa shape index (κ2) is 19.2. The van der Waals surface area contributed by atoms with Gasteiger partial charge in [-0.2, -0.15) is 0 Å². The normalized spacial score (nSPS) is 21.9. The minimum absolute atomic E-state index is 0. The Kier molecular flexibility index (Phi) is 17.7. The first-order valence-corrected chi connectivity index (χ1v) is 13.7. The van der Waals surface area contributed by atoms with E-state index in [0.29, 0.717) is 6.42 Å². The molecule has 2 aliphatic heterocycles. The van der Waals surface area contributed by atoms with Crippen molar-refractivity contribution in [2.24, 2.45) is 5.92 Å². The van der Waals surface area contributed by atoms with Crippen LogP contribution in [0.25, 0.3) is 0 Å². The number of allylic oxidation sites excluding steroid dienone is 2. The molecule has 0 aromatic carbocycles. The number of aliphatic hydroxyl groups is 1. The standard InChI is InChI=1S/C28H46O7.Na.H/c1-4-5-6-7-8-9-10-11-12-13-14-15-16-17-18-19-23(29)34-26-24(30)27(31)35-25(26)22-20-32-28(33-22)21(2)3;;/h11-12,21-22,25,28,30H,4-10,13-20H2,1-3H3;;/q;+1;-1/b12-11-;;. The molecule has 0 saturated carbocycles. The number of hydrogen-bond acceptors (Lipinski definition) is 7. The van der Waals surface area contributed by atoms with E-state index in [0.717, 1.165) is 25.7 Å². The largest absolute Gasteiger partial charge is 1.00 e. The Morgan fingerprint density at radius 2 is 1.61 bits per heavy atom. The molecule has 8 heteroatoms. The molecule has 2 heterocycles. The molecule has 2 aliphatic rings. The maximum absolute atomic E-state index is 12.3. The van der Waals surface area contributed by atoms with E-state index in [2.05, 4.69) is 19.1 Å². The molecule has 0 aliphatic carbocycles. The van der Waals surface area contributed by atoms with Gasteiger partial charge in [0.25, 0.3) is 0 Å².